The number of H-pyrrole nitrogens is 1. The van der Waals surface area contributed by atoms with Gasteiger partial charge in [0.15, 0.2) is 0 Å². The van der Waals surface area contributed by atoms with E-state index in [1.165, 1.54) is 12.1 Å². The van der Waals surface area contributed by atoms with Crippen LogP contribution in [0.15, 0.2) is 60.8 Å². The second kappa shape index (κ2) is 7.45. The number of aromatic nitrogens is 1. The molecule has 1 aliphatic heterocycles. The zero-order valence-corrected chi connectivity index (χ0v) is 15.4. The summed E-state index contributed by atoms with van der Waals surface area (Å²) in [6.07, 6.45) is 1.78. The van der Waals surface area contributed by atoms with Gasteiger partial charge in [0.25, 0.3) is 5.91 Å². The van der Waals surface area contributed by atoms with Crippen LogP contribution < -0.4 is 4.90 Å². The third kappa shape index (κ3) is 3.69. The maximum Gasteiger partial charge on any atom is 0.270 e. The third-order valence-electron chi connectivity index (χ3n) is 4.85. The van der Waals surface area contributed by atoms with Gasteiger partial charge in [-0.05, 0) is 41.5 Å². The van der Waals surface area contributed by atoms with Crippen LogP contribution in [0, 0.1) is 5.82 Å². The summed E-state index contributed by atoms with van der Waals surface area (Å²) in [7, 11) is 0. The lowest BCUT2D eigenvalue weighted by atomic mass is 10.1. The number of carbonyl (C=O) groups is 1. The van der Waals surface area contributed by atoms with Gasteiger partial charge in [0, 0.05) is 32.4 Å². The number of amides is 1. The highest BCUT2D eigenvalue weighted by atomic mass is 35.5. The number of nitrogens with one attached hydrogen (secondary N) is 1. The molecule has 138 valence electrons. The summed E-state index contributed by atoms with van der Waals surface area (Å²) in [6.45, 7) is 2.74. The third-order valence-corrected chi connectivity index (χ3v) is 5.17. The number of piperazine rings is 1. The maximum atomic E-state index is 13.1. The molecule has 6 heteroatoms. The van der Waals surface area contributed by atoms with Crippen LogP contribution in [-0.4, -0.2) is 42.0 Å². The highest BCUT2D eigenvalue weighted by Crippen LogP contribution is 2.26. The van der Waals surface area contributed by atoms with Gasteiger partial charge in [-0.25, -0.2) is 4.39 Å². The Labute approximate surface area is 162 Å². The van der Waals surface area contributed by atoms with E-state index in [1.807, 2.05) is 35.2 Å². The van der Waals surface area contributed by atoms with E-state index in [-0.39, 0.29) is 11.7 Å². The molecule has 1 saturated heterocycles. The normalized spacial score (nSPS) is 14.4. The van der Waals surface area contributed by atoms with Crippen molar-refractivity contribution >= 4 is 23.2 Å². The topological polar surface area (TPSA) is 39.3 Å². The fraction of sp³-hybridized carbons (Fsp3) is 0.190. The van der Waals surface area contributed by atoms with Gasteiger partial charge in [-0.15, -0.1) is 0 Å². The van der Waals surface area contributed by atoms with Crippen molar-refractivity contribution in [1.82, 2.24) is 9.88 Å². The molecule has 1 amide bonds. The predicted octanol–water partition coefficient (Wildman–Crippen LogP) is 4.44. The van der Waals surface area contributed by atoms with Gasteiger partial charge in [0.1, 0.15) is 11.5 Å². The standard InChI is InChI=1S/C21H19ClFN3O/c22-18-3-1-2-4-20(18)25-9-11-26(12-10-25)21(27)19-13-16(14-24-19)15-5-7-17(23)8-6-15/h1-8,13-14,24H,9-12H2. The van der Waals surface area contributed by atoms with Gasteiger partial charge in [0.2, 0.25) is 0 Å². The minimum absolute atomic E-state index is 0.0258. The molecule has 1 fully saturated rings. The lowest BCUT2D eigenvalue weighted by Gasteiger charge is -2.36. The Morgan fingerprint density at radius 1 is 0.963 bits per heavy atom. The molecule has 0 saturated carbocycles. The molecule has 0 atom stereocenters. The van der Waals surface area contributed by atoms with E-state index in [9.17, 15) is 9.18 Å². The summed E-state index contributed by atoms with van der Waals surface area (Å²) >= 11 is 6.27. The average molecular weight is 384 g/mol. The zero-order valence-electron chi connectivity index (χ0n) is 14.7. The molecule has 0 radical (unpaired) electrons. The quantitative estimate of drug-likeness (QED) is 0.726. The van der Waals surface area contributed by atoms with Crippen molar-refractivity contribution < 1.29 is 9.18 Å². The fourth-order valence-electron chi connectivity index (χ4n) is 3.36. The van der Waals surface area contributed by atoms with Crippen LogP contribution in [0.25, 0.3) is 11.1 Å². The molecular weight excluding hydrogens is 365 g/mol. The molecule has 2 heterocycles. The Balaban J connectivity index is 1.43. The van der Waals surface area contributed by atoms with Crippen LogP contribution in [0.1, 0.15) is 10.5 Å². The van der Waals surface area contributed by atoms with Crippen molar-refractivity contribution in [1.29, 1.82) is 0 Å². The Kier molecular flexibility index (Phi) is 4.86. The van der Waals surface area contributed by atoms with Gasteiger partial charge in [-0.3, -0.25) is 4.79 Å². The lowest BCUT2D eigenvalue weighted by molar-refractivity contribution is 0.0741. The van der Waals surface area contributed by atoms with Crippen LogP contribution >= 0.6 is 11.6 Å². The molecule has 3 aromatic rings. The first-order valence-corrected chi connectivity index (χ1v) is 9.23. The summed E-state index contributed by atoms with van der Waals surface area (Å²) in [4.78, 5) is 19.9. The second-order valence-electron chi connectivity index (χ2n) is 6.54. The van der Waals surface area contributed by atoms with E-state index in [2.05, 4.69) is 9.88 Å². The predicted molar refractivity (Wildman–Crippen MR) is 106 cm³/mol. The number of aromatic amines is 1. The summed E-state index contributed by atoms with van der Waals surface area (Å²) < 4.78 is 13.1. The number of rotatable bonds is 3. The van der Waals surface area contributed by atoms with Gasteiger partial charge in [-0.1, -0.05) is 35.9 Å². The number of para-hydroxylation sites is 1. The molecule has 1 aromatic heterocycles. The van der Waals surface area contributed by atoms with E-state index >= 15 is 0 Å². The number of benzene rings is 2. The van der Waals surface area contributed by atoms with E-state index in [1.54, 1.807) is 18.3 Å². The van der Waals surface area contributed by atoms with Crippen LogP contribution in [0.5, 0.6) is 0 Å². The first-order chi connectivity index (χ1) is 13.1. The van der Waals surface area contributed by atoms with Crippen LogP contribution in [0.2, 0.25) is 5.02 Å². The van der Waals surface area contributed by atoms with E-state index < -0.39 is 0 Å². The molecule has 4 nitrogen and oxygen atoms in total. The Bertz CT molecular complexity index is 946. The van der Waals surface area contributed by atoms with Crippen molar-refractivity contribution in [2.45, 2.75) is 0 Å². The average Bonchev–Trinajstić information content (AvgIpc) is 3.19. The number of nitrogens with zero attached hydrogens (tertiary/aromatic N) is 2. The molecule has 2 aromatic carbocycles. The van der Waals surface area contributed by atoms with Crippen LogP contribution in [0.3, 0.4) is 0 Å². The SMILES string of the molecule is O=C(c1cc(-c2ccc(F)cc2)c[nH]1)N1CCN(c2ccccc2Cl)CC1. The number of hydrogen-bond acceptors (Lipinski definition) is 2. The number of anilines is 1. The lowest BCUT2D eigenvalue weighted by Crippen LogP contribution is -2.49. The van der Waals surface area contributed by atoms with Crippen LogP contribution in [0.4, 0.5) is 10.1 Å². The summed E-state index contributed by atoms with van der Waals surface area (Å²) in [6, 6.07) is 15.8. The Morgan fingerprint density at radius 2 is 1.67 bits per heavy atom. The van der Waals surface area contributed by atoms with Crippen molar-refractivity contribution in [2.24, 2.45) is 0 Å². The highest BCUT2D eigenvalue weighted by Gasteiger charge is 2.24. The molecule has 1 aliphatic rings. The number of hydrogen-bond donors (Lipinski definition) is 1. The monoisotopic (exact) mass is 383 g/mol. The largest absolute Gasteiger partial charge is 0.367 e. The first kappa shape index (κ1) is 17.6. The number of halogens is 2. The molecule has 0 aliphatic carbocycles. The summed E-state index contributed by atoms with van der Waals surface area (Å²) in [5, 5.41) is 0.727. The summed E-state index contributed by atoms with van der Waals surface area (Å²) in [5.41, 5.74) is 3.29. The van der Waals surface area contributed by atoms with E-state index in [4.69, 9.17) is 11.6 Å². The zero-order chi connectivity index (χ0) is 18.8. The smallest absolute Gasteiger partial charge is 0.270 e. The molecule has 0 bridgehead atoms. The minimum Gasteiger partial charge on any atom is -0.367 e. The Hall–Kier alpha value is -2.79. The molecule has 0 spiro atoms. The molecule has 4 rings (SSSR count). The van der Waals surface area contributed by atoms with Gasteiger partial charge >= 0.3 is 0 Å². The van der Waals surface area contributed by atoms with Crippen LogP contribution in [-0.2, 0) is 0 Å². The first-order valence-electron chi connectivity index (χ1n) is 8.85. The van der Waals surface area contributed by atoms with Gasteiger partial charge < -0.3 is 14.8 Å². The highest BCUT2D eigenvalue weighted by molar-refractivity contribution is 6.33. The fourth-order valence-corrected chi connectivity index (χ4v) is 3.61. The van der Waals surface area contributed by atoms with Crippen molar-refractivity contribution in [2.75, 3.05) is 31.1 Å². The van der Waals surface area contributed by atoms with E-state index in [0.29, 0.717) is 18.8 Å². The molecular formula is C21H19ClFN3O. The van der Waals surface area contributed by atoms with Crippen molar-refractivity contribution in [3.63, 3.8) is 0 Å². The van der Waals surface area contributed by atoms with Gasteiger partial charge in [-0.2, -0.15) is 0 Å². The van der Waals surface area contributed by atoms with Crippen molar-refractivity contribution in [3.05, 3.63) is 77.3 Å². The number of carbonyl (C=O) groups excluding carboxylic acids is 1. The minimum atomic E-state index is -0.276. The summed E-state index contributed by atoms with van der Waals surface area (Å²) in [5.74, 6) is -0.302. The maximum absolute atomic E-state index is 13.1. The van der Waals surface area contributed by atoms with Crippen molar-refractivity contribution in [3.8, 4) is 11.1 Å². The second-order valence-corrected chi connectivity index (χ2v) is 6.95. The molecule has 1 N–H and O–H groups in total. The molecule has 27 heavy (non-hydrogen) atoms. The molecule has 0 unspecified atom stereocenters. The van der Waals surface area contributed by atoms with Gasteiger partial charge in [0.05, 0.1) is 10.7 Å². The van der Waals surface area contributed by atoms with E-state index in [0.717, 1.165) is 34.9 Å². The Morgan fingerprint density at radius 3 is 2.37 bits per heavy atom.